The van der Waals surface area contributed by atoms with Crippen molar-refractivity contribution in [2.75, 3.05) is 0 Å². The van der Waals surface area contributed by atoms with Crippen LogP contribution in [0.25, 0.3) is 0 Å². The van der Waals surface area contributed by atoms with Crippen LogP contribution in [0.4, 0.5) is 0 Å². The summed E-state index contributed by atoms with van der Waals surface area (Å²) < 4.78 is 0. The normalized spacial score (nSPS) is 41.3. The zero-order chi connectivity index (χ0) is 10.5. The molecule has 2 rings (SSSR count). The quantitative estimate of drug-likeness (QED) is 0.548. The van der Waals surface area contributed by atoms with Crippen LogP contribution in [0.15, 0.2) is 12.2 Å². The van der Waals surface area contributed by atoms with Gasteiger partial charge in [-0.05, 0) is 41.4 Å². The predicted octanol–water partition coefficient (Wildman–Crippen LogP) is 4.13. The van der Waals surface area contributed by atoms with E-state index in [1.54, 1.807) is 0 Å². The molecule has 1 saturated carbocycles. The second kappa shape index (κ2) is 3.12. The Hall–Kier alpha value is -0.260. The molecule has 0 radical (unpaired) electrons. The van der Waals surface area contributed by atoms with E-state index in [4.69, 9.17) is 0 Å². The molecule has 0 aromatic rings. The van der Waals surface area contributed by atoms with Gasteiger partial charge in [0.25, 0.3) is 0 Å². The largest absolute Gasteiger partial charge is 0.0848 e. The van der Waals surface area contributed by atoms with Gasteiger partial charge in [-0.25, -0.2) is 0 Å². The summed E-state index contributed by atoms with van der Waals surface area (Å²) >= 11 is 0. The van der Waals surface area contributed by atoms with Crippen LogP contribution >= 0.6 is 0 Å². The van der Waals surface area contributed by atoms with Gasteiger partial charge < -0.3 is 0 Å². The molecule has 2 aliphatic rings. The maximum absolute atomic E-state index is 2.49. The third-order valence-electron chi connectivity index (χ3n) is 4.29. The van der Waals surface area contributed by atoms with Gasteiger partial charge >= 0.3 is 0 Å². The monoisotopic (exact) mass is 192 g/mol. The van der Waals surface area contributed by atoms with E-state index in [2.05, 4.69) is 46.8 Å². The minimum atomic E-state index is 0.485. The minimum Gasteiger partial charge on any atom is -0.0848 e. The molecule has 14 heavy (non-hydrogen) atoms. The molecule has 1 fully saturated rings. The van der Waals surface area contributed by atoms with Crippen molar-refractivity contribution in [2.45, 2.75) is 41.0 Å². The fourth-order valence-corrected chi connectivity index (χ4v) is 3.99. The van der Waals surface area contributed by atoms with Gasteiger partial charge in [-0.3, -0.25) is 0 Å². The average Bonchev–Trinajstić information content (AvgIpc) is 2.58. The fourth-order valence-electron chi connectivity index (χ4n) is 3.99. The first-order valence-corrected chi connectivity index (χ1v) is 6.09. The van der Waals surface area contributed by atoms with E-state index in [1.807, 2.05) is 0 Å². The molecule has 4 atom stereocenters. The number of rotatable bonds is 1. The minimum absolute atomic E-state index is 0.485. The van der Waals surface area contributed by atoms with E-state index < -0.39 is 0 Å². The molecular weight excluding hydrogens is 168 g/mol. The van der Waals surface area contributed by atoms with Crippen molar-refractivity contribution in [3.8, 4) is 0 Å². The number of hydrogen-bond acceptors (Lipinski definition) is 0. The van der Waals surface area contributed by atoms with Crippen molar-refractivity contribution in [3.63, 3.8) is 0 Å². The average molecular weight is 192 g/mol. The van der Waals surface area contributed by atoms with Crippen LogP contribution in [0.1, 0.15) is 41.0 Å². The SMILES string of the molecule is CC(C)C1C2C=CC(C2)C1C(C)(C)C. The lowest BCUT2D eigenvalue weighted by Gasteiger charge is -2.40. The van der Waals surface area contributed by atoms with E-state index in [-0.39, 0.29) is 0 Å². The first-order chi connectivity index (χ1) is 6.41. The molecule has 2 aliphatic carbocycles. The van der Waals surface area contributed by atoms with Crippen LogP contribution in [0.2, 0.25) is 0 Å². The summed E-state index contributed by atoms with van der Waals surface area (Å²) in [5.74, 6) is 4.47. The predicted molar refractivity (Wildman–Crippen MR) is 62.0 cm³/mol. The van der Waals surface area contributed by atoms with Gasteiger partial charge in [-0.2, -0.15) is 0 Å². The Balaban J connectivity index is 2.27. The summed E-state index contributed by atoms with van der Waals surface area (Å²) in [7, 11) is 0. The second-order valence-corrected chi connectivity index (χ2v) is 6.66. The molecule has 0 nitrogen and oxygen atoms in total. The summed E-state index contributed by atoms with van der Waals surface area (Å²) in [5.41, 5.74) is 0.485. The Labute approximate surface area is 88.8 Å². The Morgan fingerprint density at radius 3 is 2.07 bits per heavy atom. The molecule has 0 heterocycles. The van der Waals surface area contributed by atoms with E-state index in [1.165, 1.54) is 6.42 Å². The fraction of sp³-hybridized carbons (Fsp3) is 0.857. The van der Waals surface area contributed by atoms with Gasteiger partial charge in [-0.1, -0.05) is 46.8 Å². The first kappa shape index (κ1) is 10.3. The van der Waals surface area contributed by atoms with Crippen molar-refractivity contribution in [1.29, 1.82) is 0 Å². The van der Waals surface area contributed by atoms with Crippen LogP contribution in [-0.2, 0) is 0 Å². The van der Waals surface area contributed by atoms with Crippen molar-refractivity contribution < 1.29 is 0 Å². The molecule has 0 saturated heterocycles. The lowest BCUT2D eigenvalue weighted by Crippen LogP contribution is -2.34. The molecule has 0 aliphatic heterocycles. The Bertz CT molecular complexity index is 241. The van der Waals surface area contributed by atoms with Gasteiger partial charge in [0.05, 0.1) is 0 Å². The van der Waals surface area contributed by atoms with E-state index in [0.29, 0.717) is 5.41 Å². The molecule has 0 spiro atoms. The zero-order valence-electron chi connectivity index (χ0n) is 10.2. The molecule has 0 aromatic heterocycles. The molecule has 2 bridgehead atoms. The van der Waals surface area contributed by atoms with Crippen molar-refractivity contribution in [2.24, 2.45) is 35.0 Å². The lowest BCUT2D eigenvalue weighted by atomic mass is 9.65. The third-order valence-corrected chi connectivity index (χ3v) is 4.29. The summed E-state index contributed by atoms with van der Waals surface area (Å²) in [4.78, 5) is 0. The smallest absolute Gasteiger partial charge is 0.0191 e. The molecular formula is C14H24. The van der Waals surface area contributed by atoms with Gasteiger partial charge in [0.2, 0.25) is 0 Å². The van der Waals surface area contributed by atoms with Crippen LogP contribution < -0.4 is 0 Å². The molecule has 0 N–H and O–H groups in total. The Morgan fingerprint density at radius 1 is 1.07 bits per heavy atom. The number of hydrogen-bond donors (Lipinski definition) is 0. The maximum atomic E-state index is 2.49. The summed E-state index contributed by atoms with van der Waals surface area (Å²) in [6, 6.07) is 0. The highest BCUT2D eigenvalue weighted by atomic mass is 14.5. The third kappa shape index (κ3) is 1.43. The summed E-state index contributed by atoms with van der Waals surface area (Å²) in [6.45, 7) is 12.1. The Morgan fingerprint density at radius 2 is 1.64 bits per heavy atom. The Kier molecular flexibility index (Phi) is 2.28. The second-order valence-electron chi connectivity index (χ2n) is 6.66. The molecule has 4 unspecified atom stereocenters. The van der Waals surface area contributed by atoms with E-state index in [9.17, 15) is 0 Å². The van der Waals surface area contributed by atoms with Crippen molar-refractivity contribution in [3.05, 3.63) is 12.2 Å². The number of fused-ring (bicyclic) bond motifs is 2. The van der Waals surface area contributed by atoms with Gasteiger partial charge in [-0.15, -0.1) is 0 Å². The van der Waals surface area contributed by atoms with Crippen molar-refractivity contribution >= 4 is 0 Å². The first-order valence-electron chi connectivity index (χ1n) is 6.09. The van der Waals surface area contributed by atoms with E-state index in [0.717, 1.165) is 29.6 Å². The van der Waals surface area contributed by atoms with Crippen LogP contribution in [-0.4, -0.2) is 0 Å². The molecule has 0 heteroatoms. The lowest BCUT2D eigenvalue weighted by molar-refractivity contribution is 0.110. The standard InChI is InChI=1S/C14H24/c1-9(2)12-10-6-7-11(8-10)13(12)14(3,4)5/h6-7,9-13H,8H2,1-5H3. The molecule has 0 amide bonds. The molecule has 80 valence electrons. The molecule has 0 aromatic carbocycles. The van der Waals surface area contributed by atoms with Gasteiger partial charge in [0.15, 0.2) is 0 Å². The maximum Gasteiger partial charge on any atom is -0.0191 e. The van der Waals surface area contributed by atoms with Gasteiger partial charge in [0.1, 0.15) is 0 Å². The van der Waals surface area contributed by atoms with Crippen LogP contribution in [0.5, 0.6) is 0 Å². The zero-order valence-corrected chi connectivity index (χ0v) is 10.2. The topological polar surface area (TPSA) is 0 Å². The highest BCUT2D eigenvalue weighted by molar-refractivity contribution is 5.15. The van der Waals surface area contributed by atoms with Gasteiger partial charge in [0, 0.05) is 0 Å². The van der Waals surface area contributed by atoms with Crippen LogP contribution in [0, 0.1) is 35.0 Å². The van der Waals surface area contributed by atoms with Crippen LogP contribution in [0.3, 0.4) is 0 Å². The number of allylic oxidation sites excluding steroid dienone is 2. The highest BCUT2D eigenvalue weighted by Crippen LogP contribution is 2.56. The highest BCUT2D eigenvalue weighted by Gasteiger charge is 2.49. The van der Waals surface area contributed by atoms with E-state index >= 15 is 0 Å². The summed E-state index contributed by atoms with van der Waals surface area (Å²) in [6.07, 6.45) is 6.40. The summed E-state index contributed by atoms with van der Waals surface area (Å²) in [5, 5.41) is 0. The van der Waals surface area contributed by atoms with Crippen molar-refractivity contribution in [1.82, 2.24) is 0 Å².